The van der Waals surface area contributed by atoms with Crippen molar-refractivity contribution in [2.75, 3.05) is 0 Å². The van der Waals surface area contributed by atoms with Crippen molar-refractivity contribution in [3.63, 3.8) is 0 Å². The fourth-order valence-corrected chi connectivity index (χ4v) is 9.69. The molecule has 7 heteroatoms. The lowest BCUT2D eigenvalue weighted by Crippen LogP contribution is -2.57. The van der Waals surface area contributed by atoms with Gasteiger partial charge in [0.1, 0.15) is 0 Å². The van der Waals surface area contributed by atoms with Gasteiger partial charge < -0.3 is 4.55 Å². The Morgan fingerprint density at radius 3 is 1.25 bits per heavy atom. The molecule has 4 fully saturated rings. The second-order valence-corrected chi connectivity index (χ2v) is 13.9. The highest BCUT2D eigenvalue weighted by molar-refractivity contribution is 7.97. The van der Waals surface area contributed by atoms with Crippen molar-refractivity contribution in [1.29, 1.82) is 0 Å². The normalized spacial score (nSPS) is 26.9. The van der Waals surface area contributed by atoms with Gasteiger partial charge in [0, 0.05) is 5.41 Å². The van der Waals surface area contributed by atoms with Crippen LogP contribution in [0.25, 0.3) is 0 Å². The van der Waals surface area contributed by atoms with Gasteiger partial charge in [-0.15, -0.1) is 0 Å². The van der Waals surface area contributed by atoms with Crippen molar-refractivity contribution in [3.8, 4) is 0 Å². The first kappa shape index (κ1) is 25.4. The number of hydrogen-bond acceptors (Lipinski definition) is 3. The summed E-state index contributed by atoms with van der Waals surface area (Å²) in [5.74, 6) is 0.608. The summed E-state index contributed by atoms with van der Waals surface area (Å²) in [5, 5.41) is -4.09. The third-order valence-electron chi connectivity index (χ3n) is 7.91. The summed E-state index contributed by atoms with van der Waals surface area (Å²) >= 11 is 0. The second-order valence-electron chi connectivity index (χ2n) is 10.4. The van der Waals surface area contributed by atoms with Crippen molar-refractivity contribution in [2.45, 2.75) is 58.5 Å². The lowest BCUT2D eigenvalue weighted by molar-refractivity contribution is -0.161. The predicted octanol–water partition coefficient (Wildman–Crippen LogP) is 7.12. The topological polar surface area (TPSA) is 57.2 Å². The zero-order valence-corrected chi connectivity index (χ0v) is 21.6. The SMILES string of the molecule is O=S(=O)([O-])C(F)(F)C12CC3CC(CC(C3)C1)C2.c1ccc([S+](c2ccccc2)c2ccccc2)cc1. The van der Waals surface area contributed by atoms with Gasteiger partial charge >= 0.3 is 5.25 Å². The van der Waals surface area contributed by atoms with Gasteiger partial charge in [-0.2, -0.15) is 8.78 Å². The fraction of sp³-hybridized carbons (Fsp3) is 0.379. The Bertz CT molecular complexity index is 1140. The lowest BCUT2D eigenvalue weighted by Gasteiger charge is -2.58. The number of alkyl halides is 2. The summed E-state index contributed by atoms with van der Waals surface area (Å²) in [6, 6.07) is 32.2. The van der Waals surface area contributed by atoms with Crippen molar-refractivity contribution < 1.29 is 21.8 Å². The van der Waals surface area contributed by atoms with Gasteiger partial charge in [0.15, 0.2) is 24.8 Å². The minimum absolute atomic E-state index is 0.0146. The molecule has 0 spiro atoms. The number of halogens is 2. The maximum Gasteiger partial charge on any atom is 0.339 e. The Morgan fingerprint density at radius 1 is 0.667 bits per heavy atom. The van der Waals surface area contributed by atoms with Crippen LogP contribution in [0.15, 0.2) is 106 Å². The van der Waals surface area contributed by atoms with Crippen LogP contribution in [0.1, 0.15) is 38.5 Å². The van der Waals surface area contributed by atoms with E-state index in [-0.39, 0.29) is 47.9 Å². The van der Waals surface area contributed by atoms with Gasteiger partial charge in [0.2, 0.25) is 0 Å². The van der Waals surface area contributed by atoms with E-state index in [0.717, 1.165) is 19.3 Å². The Balaban J connectivity index is 0.000000149. The largest absolute Gasteiger partial charge is 0.743 e. The quantitative estimate of drug-likeness (QED) is 0.262. The van der Waals surface area contributed by atoms with Gasteiger partial charge in [0.25, 0.3) is 0 Å². The van der Waals surface area contributed by atoms with E-state index in [4.69, 9.17) is 0 Å². The molecule has 0 amide bonds. The Morgan fingerprint density at radius 2 is 0.972 bits per heavy atom. The Labute approximate surface area is 215 Å². The van der Waals surface area contributed by atoms with Crippen LogP contribution in [0.2, 0.25) is 0 Å². The molecule has 3 aromatic rings. The molecule has 0 N–H and O–H groups in total. The van der Waals surface area contributed by atoms with Crippen LogP contribution in [0.5, 0.6) is 0 Å². The van der Waals surface area contributed by atoms with Gasteiger partial charge in [-0.25, -0.2) is 8.42 Å². The maximum absolute atomic E-state index is 14.0. The van der Waals surface area contributed by atoms with Gasteiger partial charge in [0.05, 0.1) is 10.9 Å². The van der Waals surface area contributed by atoms with E-state index < -0.39 is 20.8 Å². The van der Waals surface area contributed by atoms with Crippen LogP contribution in [-0.2, 0) is 21.0 Å². The van der Waals surface area contributed by atoms with Crippen molar-refractivity contribution in [3.05, 3.63) is 91.0 Å². The molecule has 4 aliphatic carbocycles. The van der Waals surface area contributed by atoms with E-state index >= 15 is 0 Å². The van der Waals surface area contributed by atoms with E-state index in [0.29, 0.717) is 0 Å². The number of rotatable bonds is 5. The number of benzene rings is 3. The molecule has 0 aromatic heterocycles. The summed E-state index contributed by atoms with van der Waals surface area (Å²) in [5.41, 5.74) is -1.55. The van der Waals surface area contributed by atoms with E-state index in [1.54, 1.807) is 0 Å². The molecular formula is C29H30F2O3S2. The van der Waals surface area contributed by atoms with E-state index in [2.05, 4.69) is 91.0 Å². The van der Waals surface area contributed by atoms with Gasteiger partial charge in [-0.05, 0) is 92.7 Å². The van der Waals surface area contributed by atoms with E-state index in [9.17, 15) is 21.8 Å². The molecule has 4 bridgehead atoms. The second kappa shape index (κ2) is 9.92. The standard InChI is InChI=1S/C18H15S.C11H16F2O3S/c1-4-10-16(11-5-1)19(17-12-6-2-7-13-17)18-14-8-3-9-15-18;12-11(13,17(14,15)16)10-4-7-1-8(5-10)3-9(2-7)6-10/h1-15H;7-9H,1-6H2,(H,14,15,16)/q+1;/p-1. The molecule has 0 aliphatic heterocycles. The third kappa shape index (κ3) is 4.85. The lowest BCUT2D eigenvalue weighted by atomic mass is 9.49. The first-order chi connectivity index (χ1) is 17.2. The highest BCUT2D eigenvalue weighted by Crippen LogP contribution is 2.65. The average molecular weight is 529 g/mol. The maximum atomic E-state index is 14.0. The number of hydrogen-bond donors (Lipinski definition) is 0. The zero-order valence-electron chi connectivity index (χ0n) is 19.9. The van der Waals surface area contributed by atoms with Gasteiger partial charge in [-0.3, -0.25) is 0 Å². The predicted molar refractivity (Wildman–Crippen MR) is 137 cm³/mol. The molecule has 3 aromatic carbocycles. The molecule has 3 nitrogen and oxygen atoms in total. The van der Waals surface area contributed by atoms with Crippen LogP contribution in [0, 0.1) is 23.2 Å². The molecule has 36 heavy (non-hydrogen) atoms. The van der Waals surface area contributed by atoms with E-state index in [1.807, 2.05) is 0 Å². The Hall–Kier alpha value is -2.22. The molecule has 0 saturated heterocycles. The summed E-state index contributed by atoms with van der Waals surface area (Å²) in [4.78, 5) is 4.08. The molecule has 0 unspecified atom stereocenters. The third-order valence-corrected chi connectivity index (χ3v) is 11.2. The molecule has 0 atom stereocenters. The minimum Gasteiger partial charge on any atom is -0.743 e. The minimum atomic E-state index is -5.55. The fourth-order valence-electron chi connectivity index (χ4n) is 6.81. The van der Waals surface area contributed by atoms with Crippen molar-refractivity contribution >= 4 is 21.0 Å². The zero-order chi connectivity index (χ0) is 25.4. The summed E-state index contributed by atoms with van der Waals surface area (Å²) in [6.07, 6.45) is 3.46. The Kier molecular flexibility index (Phi) is 7.01. The molecule has 190 valence electrons. The molecule has 0 radical (unpaired) electrons. The van der Waals surface area contributed by atoms with Crippen molar-refractivity contribution in [1.82, 2.24) is 0 Å². The van der Waals surface area contributed by atoms with Crippen LogP contribution >= 0.6 is 0 Å². The first-order valence-electron chi connectivity index (χ1n) is 12.4. The smallest absolute Gasteiger partial charge is 0.339 e. The molecule has 0 heterocycles. The molecular weight excluding hydrogens is 498 g/mol. The molecule has 7 rings (SSSR count). The highest BCUT2D eigenvalue weighted by Gasteiger charge is 2.65. The summed E-state index contributed by atoms with van der Waals surface area (Å²) in [7, 11) is -5.56. The average Bonchev–Trinajstić information content (AvgIpc) is 2.85. The van der Waals surface area contributed by atoms with Crippen LogP contribution in [0.4, 0.5) is 8.78 Å². The molecule has 4 saturated carbocycles. The summed E-state index contributed by atoms with van der Waals surface area (Å²) in [6.45, 7) is 0. The van der Waals surface area contributed by atoms with Crippen molar-refractivity contribution in [2.24, 2.45) is 23.2 Å². The molecule has 4 aliphatic rings. The highest BCUT2D eigenvalue weighted by atomic mass is 32.2. The van der Waals surface area contributed by atoms with E-state index in [1.165, 1.54) is 14.7 Å². The van der Waals surface area contributed by atoms with Crippen LogP contribution < -0.4 is 0 Å². The first-order valence-corrected chi connectivity index (χ1v) is 15.0. The van der Waals surface area contributed by atoms with Gasteiger partial charge in [-0.1, -0.05) is 54.6 Å². The van der Waals surface area contributed by atoms with Crippen LogP contribution in [-0.4, -0.2) is 18.2 Å². The van der Waals surface area contributed by atoms with Crippen LogP contribution in [0.3, 0.4) is 0 Å². The monoisotopic (exact) mass is 528 g/mol. The summed E-state index contributed by atoms with van der Waals surface area (Å²) < 4.78 is 60.5.